The van der Waals surface area contributed by atoms with Gasteiger partial charge < -0.3 is 10.1 Å². The van der Waals surface area contributed by atoms with Crippen LogP contribution in [0.2, 0.25) is 0 Å². The highest BCUT2D eigenvalue weighted by molar-refractivity contribution is 9.10. The lowest BCUT2D eigenvalue weighted by Gasteiger charge is -2.14. The van der Waals surface area contributed by atoms with E-state index in [1.165, 1.54) is 0 Å². The summed E-state index contributed by atoms with van der Waals surface area (Å²) in [6.45, 7) is 6.81. The molecule has 0 fully saturated rings. The van der Waals surface area contributed by atoms with Crippen LogP contribution < -0.4 is 10.1 Å². The van der Waals surface area contributed by atoms with Gasteiger partial charge in [-0.1, -0.05) is 6.07 Å². The number of rotatable bonds is 5. The van der Waals surface area contributed by atoms with E-state index in [0.29, 0.717) is 12.4 Å². The maximum atomic E-state index is 5.32. The number of halogens is 1. The van der Waals surface area contributed by atoms with Crippen molar-refractivity contribution in [2.45, 2.75) is 33.4 Å². The van der Waals surface area contributed by atoms with E-state index >= 15 is 0 Å². The van der Waals surface area contributed by atoms with Gasteiger partial charge in [-0.15, -0.1) is 0 Å². The zero-order valence-electron chi connectivity index (χ0n) is 14.2. The predicted molar refractivity (Wildman–Crippen MR) is 98.5 cm³/mol. The average molecular weight is 390 g/mol. The second-order valence-corrected chi connectivity index (χ2v) is 6.65. The van der Waals surface area contributed by atoms with Crippen molar-refractivity contribution in [1.29, 1.82) is 0 Å². The summed E-state index contributed by atoms with van der Waals surface area (Å²) in [5.74, 6) is 0.628. The molecule has 0 atom stereocenters. The Morgan fingerprint density at radius 1 is 1.38 bits per heavy atom. The predicted octanol–water partition coefficient (Wildman–Crippen LogP) is 4.10. The molecular formula is C17H20BrN5O. The van der Waals surface area contributed by atoms with Gasteiger partial charge in [0.25, 0.3) is 0 Å². The van der Waals surface area contributed by atoms with Gasteiger partial charge in [0.05, 0.1) is 18.5 Å². The molecule has 0 saturated heterocycles. The maximum absolute atomic E-state index is 5.32. The van der Waals surface area contributed by atoms with Gasteiger partial charge in [-0.05, 0) is 48.8 Å². The highest BCUT2D eigenvalue weighted by Crippen LogP contribution is 2.30. The minimum absolute atomic E-state index is 0.248. The fourth-order valence-electron chi connectivity index (χ4n) is 2.69. The zero-order valence-corrected chi connectivity index (χ0v) is 15.8. The fraction of sp³-hybridized carbons (Fsp3) is 0.353. The molecule has 3 aromatic heterocycles. The Morgan fingerprint density at radius 2 is 2.17 bits per heavy atom. The van der Waals surface area contributed by atoms with Crippen LogP contribution in [0.15, 0.2) is 29.0 Å². The largest absolute Gasteiger partial charge is 0.481 e. The molecule has 0 aromatic carbocycles. The smallest absolute Gasteiger partial charge is 0.218 e. The molecule has 0 unspecified atom stereocenters. The molecule has 3 aromatic rings. The first-order valence-electron chi connectivity index (χ1n) is 7.78. The van der Waals surface area contributed by atoms with Crippen LogP contribution in [0.5, 0.6) is 5.88 Å². The van der Waals surface area contributed by atoms with Gasteiger partial charge >= 0.3 is 0 Å². The third kappa shape index (κ3) is 3.08. The molecule has 0 amide bonds. The molecule has 7 heteroatoms. The van der Waals surface area contributed by atoms with Crippen LogP contribution in [0.4, 0.5) is 5.69 Å². The van der Waals surface area contributed by atoms with Crippen LogP contribution in [0.25, 0.3) is 11.0 Å². The summed E-state index contributed by atoms with van der Waals surface area (Å²) in [6.07, 6.45) is 1.72. The Balaban J connectivity index is 2.02. The van der Waals surface area contributed by atoms with E-state index < -0.39 is 0 Å². The number of anilines is 1. The van der Waals surface area contributed by atoms with Gasteiger partial charge in [0.2, 0.25) is 5.88 Å². The molecule has 6 nitrogen and oxygen atoms in total. The van der Waals surface area contributed by atoms with E-state index in [1.807, 2.05) is 29.8 Å². The molecule has 0 aliphatic heterocycles. The van der Waals surface area contributed by atoms with E-state index in [9.17, 15) is 0 Å². The SMILES string of the molecule is COc1ncccc1CNc1cc(Br)nc2c(C)nn(C(C)C)c12. The Morgan fingerprint density at radius 3 is 2.88 bits per heavy atom. The first kappa shape index (κ1) is 16.7. The summed E-state index contributed by atoms with van der Waals surface area (Å²) >= 11 is 3.49. The summed E-state index contributed by atoms with van der Waals surface area (Å²) < 4.78 is 8.11. The van der Waals surface area contributed by atoms with E-state index in [4.69, 9.17) is 4.74 Å². The first-order chi connectivity index (χ1) is 11.5. The lowest BCUT2D eigenvalue weighted by atomic mass is 10.2. The van der Waals surface area contributed by atoms with E-state index in [-0.39, 0.29) is 6.04 Å². The minimum atomic E-state index is 0.248. The van der Waals surface area contributed by atoms with Gasteiger partial charge in [0.1, 0.15) is 15.6 Å². The molecular weight excluding hydrogens is 370 g/mol. The quantitative estimate of drug-likeness (QED) is 0.665. The van der Waals surface area contributed by atoms with Crippen molar-refractivity contribution < 1.29 is 4.74 Å². The highest BCUT2D eigenvalue weighted by Gasteiger charge is 2.16. The molecule has 0 bridgehead atoms. The number of methoxy groups -OCH3 is 1. The van der Waals surface area contributed by atoms with Crippen molar-refractivity contribution in [1.82, 2.24) is 19.7 Å². The summed E-state index contributed by atoms with van der Waals surface area (Å²) in [6, 6.07) is 6.13. The molecule has 3 rings (SSSR count). The molecule has 0 aliphatic carbocycles. The number of aromatic nitrogens is 4. The lowest BCUT2D eigenvalue weighted by Crippen LogP contribution is -2.07. The van der Waals surface area contributed by atoms with Gasteiger partial charge in [-0.2, -0.15) is 5.10 Å². The van der Waals surface area contributed by atoms with Crippen LogP contribution in [0, 0.1) is 6.92 Å². The van der Waals surface area contributed by atoms with Crippen molar-refractivity contribution in [3.8, 4) is 5.88 Å². The number of nitrogens with zero attached hydrogens (tertiary/aromatic N) is 4. The average Bonchev–Trinajstić information content (AvgIpc) is 2.90. The Hall–Kier alpha value is -2.15. The van der Waals surface area contributed by atoms with E-state index in [1.54, 1.807) is 13.3 Å². The Labute approximate surface area is 149 Å². The Bertz CT molecular complexity index is 875. The molecule has 126 valence electrons. The summed E-state index contributed by atoms with van der Waals surface area (Å²) in [5, 5.41) is 8.11. The Kier molecular flexibility index (Phi) is 4.71. The van der Waals surface area contributed by atoms with Crippen LogP contribution in [0.3, 0.4) is 0 Å². The van der Waals surface area contributed by atoms with Crippen molar-refractivity contribution in [3.63, 3.8) is 0 Å². The molecule has 0 spiro atoms. The van der Waals surface area contributed by atoms with E-state index in [0.717, 1.165) is 32.6 Å². The topological polar surface area (TPSA) is 64.9 Å². The third-order valence-corrected chi connectivity index (χ3v) is 4.20. The highest BCUT2D eigenvalue weighted by atomic mass is 79.9. The van der Waals surface area contributed by atoms with Crippen LogP contribution in [0.1, 0.15) is 31.1 Å². The zero-order chi connectivity index (χ0) is 17.3. The number of fused-ring (bicyclic) bond motifs is 1. The minimum Gasteiger partial charge on any atom is -0.481 e. The molecule has 3 heterocycles. The summed E-state index contributed by atoms with van der Waals surface area (Å²) in [5.41, 5.74) is 4.80. The van der Waals surface area contributed by atoms with Gasteiger partial charge in [-0.25, -0.2) is 9.97 Å². The normalized spacial score (nSPS) is 11.2. The molecule has 0 saturated carbocycles. The molecule has 24 heavy (non-hydrogen) atoms. The second kappa shape index (κ2) is 6.76. The van der Waals surface area contributed by atoms with Crippen LogP contribution >= 0.6 is 15.9 Å². The second-order valence-electron chi connectivity index (χ2n) is 5.84. The number of hydrogen-bond acceptors (Lipinski definition) is 5. The van der Waals surface area contributed by atoms with Gasteiger partial charge in [-0.3, -0.25) is 4.68 Å². The maximum Gasteiger partial charge on any atom is 0.218 e. The van der Waals surface area contributed by atoms with Gasteiger partial charge in [0, 0.05) is 24.3 Å². The first-order valence-corrected chi connectivity index (χ1v) is 8.57. The monoisotopic (exact) mass is 389 g/mol. The van der Waals surface area contributed by atoms with Crippen molar-refractivity contribution >= 4 is 32.7 Å². The van der Waals surface area contributed by atoms with Gasteiger partial charge in [0.15, 0.2) is 0 Å². The number of nitrogens with one attached hydrogen (secondary N) is 1. The summed E-state index contributed by atoms with van der Waals surface area (Å²) in [4.78, 5) is 8.82. The lowest BCUT2D eigenvalue weighted by molar-refractivity contribution is 0.393. The van der Waals surface area contributed by atoms with Crippen molar-refractivity contribution in [2.75, 3.05) is 12.4 Å². The van der Waals surface area contributed by atoms with Crippen LogP contribution in [-0.4, -0.2) is 26.9 Å². The number of pyridine rings is 2. The van der Waals surface area contributed by atoms with Crippen LogP contribution in [-0.2, 0) is 6.54 Å². The fourth-order valence-corrected chi connectivity index (χ4v) is 3.10. The molecule has 1 N–H and O–H groups in total. The van der Waals surface area contributed by atoms with E-state index in [2.05, 4.69) is 50.2 Å². The molecule has 0 aliphatic rings. The number of hydrogen-bond donors (Lipinski definition) is 1. The number of aryl methyl sites for hydroxylation is 1. The standard InChI is InChI=1S/C17H20BrN5O/c1-10(2)23-16-13(8-14(18)21-15(16)11(3)22-23)20-9-12-6-5-7-19-17(12)24-4/h5-8,10H,9H2,1-4H3,(H,20,21). The van der Waals surface area contributed by atoms with Crippen molar-refractivity contribution in [2.24, 2.45) is 0 Å². The number of ether oxygens (including phenoxy) is 1. The third-order valence-electron chi connectivity index (χ3n) is 3.79. The summed E-state index contributed by atoms with van der Waals surface area (Å²) in [7, 11) is 1.63. The van der Waals surface area contributed by atoms with Crippen molar-refractivity contribution in [3.05, 3.63) is 40.3 Å². The molecule has 0 radical (unpaired) electrons.